The van der Waals surface area contributed by atoms with Gasteiger partial charge in [0, 0.05) is 6.20 Å². The van der Waals surface area contributed by atoms with Gasteiger partial charge in [0.05, 0.1) is 16.8 Å². The van der Waals surface area contributed by atoms with Crippen LogP contribution in [0.2, 0.25) is 0 Å². The van der Waals surface area contributed by atoms with Gasteiger partial charge in [0.1, 0.15) is 0 Å². The highest BCUT2D eigenvalue weighted by Crippen LogP contribution is 2.27. The van der Waals surface area contributed by atoms with E-state index in [1.165, 1.54) is 12.4 Å². The molecule has 2 aromatic rings. The van der Waals surface area contributed by atoms with Crippen molar-refractivity contribution in [3.8, 4) is 0 Å². The van der Waals surface area contributed by atoms with Crippen LogP contribution >= 0.6 is 0 Å². The second-order valence-corrected chi connectivity index (χ2v) is 6.30. The Hall–Kier alpha value is -1.82. The van der Waals surface area contributed by atoms with E-state index < -0.39 is 10.0 Å². The lowest BCUT2D eigenvalue weighted by molar-refractivity contribution is 0.599. The van der Waals surface area contributed by atoms with Gasteiger partial charge < -0.3 is 0 Å². The van der Waals surface area contributed by atoms with E-state index in [2.05, 4.69) is 14.9 Å². The summed E-state index contributed by atoms with van der Waals surface area (Å²) in [5.41, 5.74) is 3.92. The fraction of sp³-hybridized carbons (Fsp3) is 0.308. The minimum atomic E-state index is -3.60. The van der Waals surface area contributed by atoms with E-state index in [0.717, 1.165) is 22.3 Å². The molecule has 0 spiro atoms. The van der Waals surface area contributed by atoms with Gasteiger partial charge in [0.2, 0.25) is 0 Å². The van der Waals surface area contributed by atoms with E-state index in [1.54, 1.807) is 0 Å². The first-order valence-electron chi connectivity index (χ1n) is 5.92. The van der Waals surface area contributed by atoms with E-state index in [9.17, 15) is 8.42 Å². The first-order chi connectivity index (χ1) is 8.83. The highest BCUT2D eigenvalue weighted by atomic mass is 32.2. The minimum absolute atomic E-state index is 0.353. The van der Waals surface area contributed by atoms with Crippen molar-refractivity contribution in [3.63, 3.8) is 0 Å². The lowest BCUT2D eigenvalue weighted by atomic mass is 10.0. The van der Waals surface area contributed by atoms with E-state index in [0.29, 0.717) is 10.6 Å². The number of nitrogens with one attached hydrogen (secondary N) is 2. The van der Waals surface area contributed by atoms with Gasteiger partial charge in [-0.05, 0) is 49.9 Å². The number of hydrogen-bond acceptors (Lipinski definition) is 3. The van der Waals surface area contributed by atoms with Crippen LogP contribution in [0.15, 0.2) is 23.4 Å². The standard InChI is InChI=1S/C13H17N3O2S/c1-8-5-9(2)11(4)13(10(8)3)19(17,18)16-12-6-14-15-7-12/h5-7,16H,1-4H3,(H,14,15). The molecule has 102 valence electrons. The molecule has 1 heterocycles. The van der Waals surface area contributed by atoms with E-state index in [4.69, 9.17) is 0 Å². The number of aryl methyl sites for hydroxylation is 2. The molecule has 5 nitrogen and oxygen atoms in total. The van der Waals surface area contributed by atoms with Gasteiger partial charge in [-0.1, -0.05) is 6.07 Å². The molecule has 6 heteroatoms. The Morgan fingerprint density at radius 1 is 1.11 bits per heavy atom. The molecule has 0 saturated heterocycles. The van der Waals surface area contributed by atoms with E-state index in [-0.39, 0.29) is 0 Å². The summed E-state index contributed by atoms with van der Waals surface area (Å²) in [5, 5.41) is 6.31. The topological polar surface area (TPSA) is 74.8 Å². The maximum atomic E-state index is 12.5. The van der Waals surface area contributed by atoms with Gasteiger partial charge in [0.25, 0.3) is 10.0 Å². The average Bonchev–Trinajstić information content (AvgIpc) is 2.78. The number of benzene rings is 1. The van der Waals surface area contributed by atoms with Gasteiger partial charge in [-0.3, -0.25) is 9.82 Å². The van der Waals surface area contributed by atoms with Crippen LogP contribution in [0.1, 0.15) is 22.3 Å². The maximum Gasteiger partial charge on any atom is 0.262 e. The maximum absolute atomic E-state index is 12.5. The van der Waals surface area contributed by atoms with Crippen molar-refractivity contribution in [2.24, 2.45) is 0 Å². The summed E-state index contributed by atoms with van der Waals surface area (Å²) >= 11 is 0. The van der Waals surface area contributed by atoms with Crippen molar-refractivity contribution in [2.75, 3.05) is 4.72 Å². The summed E-state index contributed by atoms with van der Waals surface area (Å²) < 4.78 is 27.5. The Kier molecular flexibility index (Phi) is 3.36. The van der Waals surface area contributed by atoms with Crippen molar-refractivity contribution < 1.29 is 8.42 Å². The summed E-state index contributed by atoms with van der Waals surface area (Å²) in [6.07, 6.45) is 2.94. The second kappa shape index (κ2) is 4.70. The molecule has 0 aliphatic heterocycles. The zero-order valence-electron chi connectivity index (χ0n) is 11.4. The lowest BCUT2D eigenvalue weighted by Crippen LogP contribution is -2.16. The van der Waals surface area contributed by atoms with Crippen LogP contribution in [0.3, 0.4) is 0 Å². The molecule has 1 aromatic carbocycles. The first kappa shape index (κ1) is 13.6. The Morgan fingerprint density at radius 3 is 2.16 bits per heavy atom. The van der Waals surface area contributed by atoms with Crippen LogP contribution in [-0.4, -0.2) is 18.6 Å². The number of nitrogens with zero attached hydrogens (tertiary/aromatic N) is 1. The molecule has 2 N–H and O–H groups in total. The zero-order chi connectivity index (χ0) is 14.2. The summed E-state index contributed by atoms with van der Waals surface area (Å²) in [6.45, 7) is 7.48. The van der Waals surface area contributed by atoms with Crippen molar-refractivity contribution in [1.82, 2.24) is 10.2 Å². The number of H-pyrrole nitrogens is 1. The average molecular weight is 279 g/mol. The van der Waals surface area contributed by atoms with E-state index in [1.807, 2.05) is 33.8 Å². The number of rotatable bonds is 3. The molecule has 0 aliphatic carbocycles. The molecule has 0 aliphatic rings. The molecule has 0 bridgehead atoms. The van der Waals surface area contributed by atoms with Crippen LogP contribution in [-0.2, 0) is 10.0 Å². The Bertz CT molecular complexity index is 678. The van der Waals surface area contributed by atoms with Gasteiger partial charge >= 0.3 is 0 Å². The number of sulfonamides is 1. The number of aromatic nitrogens is 2. The molecule has 0 atom stereocenters. The summed E-state index contributed by atoms with van der Waals surface area (Å²) in [4.78, 5) is 0.353. The summed E-state index contributed by atoms with van der Waals surface area (Å²) in [6, 6.07) is 2.00. The smallest absolute Gasteiger partial charge is 0.262 e. The molecule has 0 fully saturated rings. The van der Waals surface area contributed by atoms with Gasteiger partial charge in [-0.2, -0.15) is 5.10 Å². The van der Waals surface area contributed by atoms with Crippen molar-refractivity contribution in [1.29, 1.82) is 0 Å². The first-order valence-corrected chi connectivity index (χ1v) is 7.40. The number of anilines is 1. The predicted molar refractivity (Wildman–Crippen MR) is 74.8 cm³/mol. The molecule has 1 aromatic heterocycles. The molecular formula is C13H17N3O2S. The lowest BCUT2D eigenvalue weighted by Gasteiger charge is -2.16. The molecular weight excluding hydrogens is 262 g/mol. The third-order valence-corrected chi connectivity index (χ3v) is 4.97. The highest BCUT2D eigenvalue weighted by molar-refractivity contribution is 7.92. The van der Waals surface area contributed by atoms with Crippen LogP contribution in [0.25, 0.3) is 0 Å². The molecule has 0 amide bonds. The van der Waals surface area contributed by atoms with Gasteiger partial charge in [0.15, 0.2) is 0 Å². The fourth-order valence-corrected chi connectivity index (χ4v) is 3.75. The Labute approximate surface area is 113 Å². The summed E-state index contributed by atoms with van der Waals surface area (Å²) in [7, 11) is -3.60. The fourth-order valence-electron chi connectivity index (χ4n) is 2.10. The molecule has 0 radical (unpaired) electrons. The van der Waals surface area contributed by atoms with Gasteiger partial charge in [-0.25, -0.2) is 8.42 Å². The molecule has 19 heavy (non-hydrogen) atoms. The predicted octanol–water partition coefficient (Wildman–Crippen LogP) is 2.44. The monoisotopic (exact) mass is 279 g/mol. The van der Waals surface area contributed by atoms with Crippen molar-refractivity contribution in [3.05, 3.63) is 40.7 Å². The zero-order valence-corrected chi connectivity index (χ0v) is 12.2. The third-order valence-electron chi connectivity index (χ3n) is 3.32. The van der Waals surface area contributed by atoms with Crippen molar-refractivity contribution in [2.45, 2.75) is 32.6 Å². The van der Waals surface area contributed by atoms with Crippen LogP contribution in [0, 0.1) is 27.7 Å². The normalized spacial score (nSPS) is 11.6. The van der Waals surface area contributed by atoms with Crippen LogP contribution < -0.4 is 4.72 Å². The van der Waals surface area contributed by atoms with Crippen LogP contribution in [0.5, 0.6) is 0 Å². The SMILES string of the molecule is Cc1cc(C)c(C)c(S(=O)(=O)Nc2cn[nH]c2)c1C. The number of aromatic amines is 1. The third kappa shape index (κ3) is 2.49. The summed E-state index contributed by atoms with van der Waals surface area (Å²) in [5.74, 6) is 0. The minimum Gasteiger partial charge on any atom is -0.284 e. The van der Waals surface area contributed by atoms with Gasteiger partial charge in [-0.15, -0.1) is 0 Å². The van der Waals surface area contributed by atoms with Crippen molar-refractivity contribution >= 4 is 15.7 Å². The Balaban J connectivity index is 2.58. The largest absolute Gasteiger partial charge is 0.284 e. The number of hydrogen-bond donors (Lipinski definition) is 2. The quantitative estimate of drug-likeness (QED) is 0.906. The van der Waals surface area contributed by atoms with Crippen LogP contribution in [0.4, 0.5) is 5.69 Å². The second-order valence-electron chi connectivity index (χ2n) is 4.68. The van der Waals surface area contributed by atoms with E-state index >= 15 is 0 Å². The Morgan fingerprint density at radius 2 is 1.68 bits per heavy atom. The molecule has 0 unspecified atom stereocenters. The highest BCUT2D eigenvalue weighted by Gasteiger charge is 2.22. The molecule has 0 saturated carbocycles. The molecule has 2 rings (SSSR count).